The monoisotopic (exact) mass is 310 g/mol. The van der Waals surface area contributed by atoms with Crippen LogP contribution in [0.15, 0.2) is 30.3 Å². The average Bonchev–Trinajstić information content (AvgIpc) is 2.76. The minimum atomic E-state index is -3.27. The number of hydrogen-bond acceptors (Lipinski definition) is 4. The maximum atomic E-state index is 11.9. The van der Waals surface area contributed by atoms with Gasteiger partial charge in [0.25, 0.3) is 0 Å². The second-order valence-corrected chi connectivity index (χ2v) is 7.67. The lowest BCUT2D eigenvalue weighted by molar-refractivity contribution is 0.0921. The lowest BCUT2D eigenvalue weighted by atomic mass is 9.89. The first-order chi connectivity index (χ1) is 9.91. The first kappa shape index (κ1) is 14.3. The zero-order valence-corrected chi connectivity index (χ0v) is 12.7. The van der Waals surface area contributed by atoms with E-state index >= 15 is 0 Å². The Morgan fingerprint density at radius 2 is 1.95 bits per heavy atom. The van der Waals surface area contributed by atoms with E-state index in [1.165, 1.54) is 10.6 Å². The third-order valence-electron chi connectivity index (χ3n) is 4.15. The van der Waals surface area contributed by atoms with Crippen LogP contribution in [0.1, 0.15) is 5.56 Å². The molecule has 0 radical (unpaired) electrons. The number of sulfonamides is 1. The number of carbonyl (C=O) groups excluding carboxylic acids is 1. The van der Waals surface area contributed by atoms with Crippen LogP contribution in [0.3, 0.4) is 0 Å². The van der Waals surface area contributed by atoms with Crippen molar-refractivity contribution < 1.29 is 17.9 Å². The first-order valence-corrected chi connectivity index (χ1v) is 8.69. The quantitative estimate of drug-likeness (QED) is 0.824. The van der Waals surface area contributed by atoms with Crippen LogP contribution in [0.2, 0.25) is 0 Å². The van der Waals surface area contributed by atoms with Crippen LogP contribution in [0.5, 0.6) is 0 Å². The SMILES string of the molecule is CS(=O)(=O)N1CCN2C(=O)OCC2(Cc2ccccc2)C1. The molecule has 0 saturated carbocycles. The number of nitrogens with zero attached hydrogens (tertiary/aromatic N) is 2. The van der Waals surface area contributed by atoms with E-state index in [2.05, 4.69) is 0 Å². The summed E-state index contributed by atoms with van der Waals surface area (Å²) in [6.45, 7) is 1.21. The molecule has 114 valence electrons. The van der Waals surface area contributed by atoms with Gasteiger partial charge in [-0.15, -0.1) is 0 Å². The number of cyclic esters (lactones) is 1. The number of hydrogen-bond donors (Lipinski definition) is 0. The van der Waals surface area contributed by atoms with Gasteiger partial charge in [0.1, 0.15) is 6.61 Å². The van der Waals surface area contributed by atoms with Gasteiger partial charge in [0.15, 0.2) is 0 Å². The molecule has 0 aliphatic carbocycles. The Morgan fingerprint density at radius 1 is 1.24 bits per heavy atom. The molecule has 0 aromatic heterocycles. The van der Waals surface area contributed by atoms with Gasteiger partial charge in [-0.05, 0) is 5.56 Å². The maximum absolute atomic E-state index is 11.9. The Bertz CT molecular complexity index is 646. The Morgan fingerprint density at radius 3 is 2.62 bits per heavy atom. The van der Waals surface area contributed by atoms with Crippen molar-refractivity contribution in [3.8, 4) is 0 Å². The largest absolute Gasteiger partial charge is 0.447 e. The fraction of sp³-hybridized carbons (Fsp3) is 0.500. The van der Waals surface area contributed by atoms with E-state index in [1.807, 2.05) is 30.3 Å². The topological polar surface area (TPSA) is 66.9 Å². The molecule has 1 amide bonds. The van der Waals surface area contributed by atoms with Crippen molar-refractivity contribution in [2.45, 2.75) is 12.0 Å². The van der Waals surface area contributed by atoms with E-state index in [-0.39, 0.29) is 19.2 Å². The Kier molecular flexibility index (Phi) is 3.41. The van der Waals surface area contributed by atoms with Crippen LogP contribution in [0, 0.1) is 0 Å². The number of rotatable bonds is 3. The number of benzene rings is 1. The molecule has 2 fully saturated rings. The molecular formula is C14H18N2O4S. The number of ether oxygens (including phenoxy) is 1. The lowest BCUT2D eigenvalue weighted by Crippen LogP contribution is -2.63. The van der Waals surface area contributed by atoms with Crippen molar-refractivity contribution in [2.24, 2.45) is 0 Å². The predicted octanol–water partition coefficient (Wildman–Crippen LogP) is 0.695. The second-order valence-electron chi connectivity index (χ2n) is 5.69. The molecule has 7 heteroatoms. The first-order valence-electron chi connectivity index (χ1n) is 6.84. The van der Waals surface area contributed by atoms with E-state index in [9.17, 15) is 13.2 Å². The van der Waals surface area contributed by atoms with Crippen LogP contribution in [0.4, 0.5) is 4.79 Å². The van der Waals surface area contributed by atoms with Gasteiger partial charge in [0.05, 0.1) is 11.8 Å². The third kappa shape index (κ3) is 2.63. The van der Waals surface area contributed by atoms with Crippen LogP contribution in [-0.2, 0) is 21.2 Å². The molecule has 2 aliphatic rings. The van der Waals surface area contributed by atoms with E-state index < -0.39 is 15.6 Å². The molecule has 6 nitrogen and oxygen atoms in total. The van der Waals surface area contributed by atoms with Gasteiger partial charge in [-0.3, -0.25) is 4.90 Å². The van der Waals surface area contributed by atoms with E-state index in [0.29, 0.717) is 19.5 Å². The molecule has 1 aromatic carbocycles. The molecule has 1 unspecified atom stereocenters. The number of piperazine rings is 1. The molecule has 0 N–H and O–H groups in total. The fourth-order valence-electron chi connectivity index (χ4n) is 3.09. The molecule has 1 aromatic rings. The summed E-state index contributed by atoms with van der Waals surface area (Å²) in [7, 11) is -3.27. The van der Waals surface area contributed by atoms with Gasteiger partial charge in [0, 0.05) is 26.1 Å². The normalized spacial score (nSPS) is 26.5. The molecule has 2 saturated heterocycles. The molecular weight excluding hydrogens is 292 g/mol. The zero-order valence-electron chi connectivity index (χ0n) is 11.9. The Balaban J connectivity index is 1.92. The van der Waals surface area contributed by atoms with E-state index in [1.54, 1.807) is 4.90 Å². The average molecular weight is 310 g/mol. The summed E-state index contributed by atoms with van der Waals surface area (Å²) < 4.78 is 30.3. The summed E-state index contributed by atoms with van der Waals surface area (Å²) in [5, 5.41) is 0. The van der Waals surface area contributed by atoms with Gasteiger partial charge < -0.3 is 4.74 Å². The predicted molar refractivity (Wildman–Crippen MR) is 77.3 cm³/mol. The molecule has 3 rings (SSSR count). The summed E-state index contributed by atoms with van der Waals surface area (Å²) in [5.41, 5.74) is 0.468. The van der Waals surface area contributed by atoms with Gasteiger partial charge in [-0.1, -0.05) is 30.3 Å². The molecule has 0 bridgehead atoms. The summed E-state index contributed by atoms with van der Waals surface area (Å²) >= 11 is 0. The highest BCUT2D eigenvalue weighted by Gasteiger charge is 2.52. The lowest BCUT2D eigenvalue weighted by Gasteiger charge is -2.43. The third-order valence-corrected chi connectivity index (χ3v) is 5.40. The highest BCUT2D eigenvalue weighted by Crippen LogP contribution is 2.33. The number of carbonyl (C=O) groups is 1. The molecule has 2 aliphatic heterocycles. The Labute approximate surface area is 124 Å². The van der Waals surface area contributed by atoms with E-state index in [0.717, 1.165) is 5.56 Å². The van der Waals surface area contributed by atoms with Crippen LogP contribution in [-0.4, -0.2) is 61.8 Å². The van der Waals surface area contributed by atoms with Crippen molar-refractivity contribution in [3.05, 3.63) is 35.9 Å². The van der Waals surface area contributed by atoms with Crippen molar-refractivity contribution in [1.82, 2.24) is 9.21 Å². The van der Waals surface area contributed by atoms with Crippen molar-refractivity contribution in [3.63, 3.8) is 0 Å². The van der Waals surface area contributed by atoms with Gasteiger partial charge in [-0.2, -0.15) is 4.31 Å². The summed E-state index contributed by atoms with van der Waals surface area (Å²) in [6, 6.07) is 9.76. The molecule has 0 spiro atoms. The molecule has 2 heterocycles. The summed E-state index contributed by atoms with van der Waals surface area (Å²) in [5.74, 6) is 0. The molecule has 21 heavy (non-hydrogen) atoms. The number of amides is 1. The summed E-state index contributed by atoms with van der Waals surface area (Å²) in [6.07, 6.45) is 1.45. The van der Waals surface area contributed by atoms with E-state index in [4.69, 9.17) is 4.74 Å². The highest BCUT2D eigenvalue weighted by molar-refractivity contribution is 7.88. The zero-order chi connectivity index (χ0) is 15.1. The van der Waals surface area contributed by atoms with Crippen LogP contribution in [0.25, 0.3) is 0 Å². The second kappa shape index (κ2) is 4.99. The minimum Gasteiger partial charge on any atom is -0.447 e. The van der Waals surface area contributed by atoms with Crippen LogP contribution < -0.4 is 0 Å². The highest BCUT2D eigenvalue weighted by atomic mass is 32.2. The van der Waals surface area contributed by atoms with Crippen molar-refractivity contribution in [1.29, 1.82) is 0 Å². The summed E-state index contributed by atoms with van der Waals surface area (Å²) in [4.78, 5) is 13.6. The van der Waals surface area contributed by atoms with Gasteiger partial charge in [-0.25, -0.2) is 13.2 Å². The fourth-order valence-corrected chi connectivity index (χ4v) is 3.97. The smallest absolute Gasteiger partial charge is 0.410 e. The van der Waals surface area contributed by atoms with Gasteiger partial charge in [0.2, 0.25) is 10.0 Å². The Hall–Kier alpha value is -1.60. The standard InChI is InChI=1S/C14H18N2O4S/c1-21(18,19)15-7-8-16-13(17)20-11-14(16,10-15)9-12-5-3-2-4-6-12/h2-6H,7-11H2,1H3. The van der Waals surface area contributed by atoms with Crippen molar-refractivity contribution in [2.75, 3.05) is 32.5 Å². The minimum absolute atomic E-state index is 0.229. The maximum Gasteiger partial charge on any atom is 0.410 e. The molecule has 1 atom stereocenters. The number of fused-ring (bicyclic) bond motifs is 1. The van der Waals surface area contributed by atoms with Crippen molar-refractivity contribution >= 4 is 16.1 Å². The van der Waals surface area contributed by atoms with Crippen LogP contribution >= 0.6 is 0 Å². The van der Waals surface area contributed by atoms with Gasteiger partial charge >= 0.3 is 6.09 Å².